The van der Waals surface area contributed by atoms with E-state index in [2.05, 4.69) is 11.4 Å². The molecule has 1 unspecified atom stereocenters. The maximum absolute atomic E-state index is 11.6. The van der Waals surface area contributed by atoms with Gasteiger partial charge in [0.2, 0.25) is 0 Å². The number of rotatable bonds is 4. The summed E-state index contributed by atoms with van der Waals surface area (Å²) in [5.74, 6) is 0.114. The molecule has 0 aromatic heterocycles. The van der Waals surface area contributed by atoms with Crippen LogP contribution in [0, 0.1) is 17.2 Å². The number of esters is 1. The lowest BCUT2D eigenvalue weighted by molar-refractivity contribution is -0.142. The van der Waals surface area contributed by atoms with E-state index in [0.29, 0.717) is 11.5 Å². The number of hydrogen-bond donors (Lipinski definition) is 1. The summed E-state index contributed by atoms with van der Waals surface area (Å²) in [6.07, 6.45) is 2.09. The highest BCUT2D eigenvalue weighted by Gasteiger charge is 2.36. The molecular weight excluding hydrogens is 216 g/mol. The molecule has 88 valence electrons. The van der Waals surface area contributed by atoms with Crippen molar-refractivity contribution in [3.63, 3.8) is 0 Å². The van der Waals surface area contributed by atoms with E-state index in [1.54, 1.807) is 18.2 Å². The monoisotopic (exact) mass is 230 g/mol. The van der Waals surface area contributed by atoms with Crippen molar-refractivity contribution >= 4 is 11.7 Å². The molecule has 0 amide bonds. The second-order valence-electron chi connectivity index (χ2n) is 4.18. The van der Waals surface area contributed by atoms with Crippen molar-refractivity contribution in [2.45, 2.75) is 18.9 Å². The number of hydrogen-bond acceptors (Lipinski definition) is 4. The van der Waals surface area contributed by atoms with Gasteiger partial charge in [-0.25, -0.2) is 4.79 Å². The summed E-state index contributed by atoms with van der Waals surface area (Å²) in [7, 11) is 1.39. The molecule has 2 rings (SSSR count). The molecular formula is C13H14N2O2. The van der Waals surface area contributed by atoms with Gasteiger partial charge in [0.25, 0.3) is 0 Å². The molecule has 1 N–H and O–H groups in total. The summed E-state index contributed by atoms with van der Waals surface area (Å²) in [6, 6.07) is 8.88. The van der Waals surface area contributed by atoms with Crippen LogP contribution in [0.2, 0.25) is 0 Å². The summed E-state index contributed by atoms with van der Waals surface area (Å²) in [4.78, 5) is 11.6. The average molecular weight is 230 g/mol. The van der Waals surface area contributed by atoms with Crippen LogP contribution in [-0.2, 0) is 9.53 Å². The predicted octanol–water partition coefficient (Wildman–Crippen LogP) is 1.92. The fourth-order valence-corrected chi connectivity index (χ4v) is 1.78. The molecule has 1 aromatic rings. The Labute approximate surface area is 100 Å². The highest BCUT2D eigenvalue weighted by Crippen LogP contribution is 2.34. The Balaban J connectivity index is 2.11. The van der Waals surface area contributed by atoms with E-state index < -0.39 is 0 Å². The van der Waals surface area contributed by atoms with E-state index in [9.17, 15) is 4.79 Å². The van der Waals surface area contributed by atoms with Gasteiger partial charge in [-0.3, -0.25) is 0 Å². The van der Waals surface area contributed by atoms with Gasteiger partial charge in [-0.1, -0.05) is 6.07 Å². The van der Waals surface area contributed by atoms with Crippen LogP contribution in [0.1, 0.15) is 18.4 Å². The Morgan fingerprint density at radius 1 is 1.59 bits per heavy atom. The molecule has 0 heterocycles. The summed E-state index contributed by atoms with van der Waals surface area (Å²) in [6.45, 7) is 0. The van der Waals surface area contributed by atoms with Crippen molar-refractivity contribution < 1.29 is 9.53 Å². The van der Waals surface area contributed by atoms with Crippen LogP contribution < -0.4 is 5.32 Å². The second kappa shape index (κ2) is 4.88. The van der Waals surface area contributed by atoms with Crippen LogP contribution in [0.4, 0.5) is 5.69 Å². The minimum absolute atomic E-state index is 0.241. The molecule has 1 saturated carbocycles. The minimum Gasteiger partial charge on any atom is -0.467 e. The first-order chi connectivity index (χ1) is 8.24. The first-order valence-electron chi connectivity index (χ1n) is 5.59. The Morgan fingerprint density at radius 3 is 2.94 bits per heavy atom. The zero-order chi connectivity index (χ0) is 12.3. The molecule has 0 bridgehead atoms. The van der Waals surface area contributed by atoms with Crippen LogP contribution in [-0.4, -0.2) is 19.1 Å². The number of benzene rings is 1. The molecule has 0 spiro atoms. The second-order valence-corrected chi connectivity index (χ2v) is 4.18. The third-order valence-corrected chi connectivity index (χ3v) is 2.86. The zero-order valence-corrected chi connectivity index (χ0v) is 9.64. The highest BCUT2D eigenvalue weighted by atomic mass is 16.5. The lowest BCUT2D eigenvalue weighted by Crippen LogP contribution is -2.32. The lowest BCUT2D eigenvalue weighted by atomic mass is 10.1. The van der Waals surface area contributed by atoms with Gasteiger partial charge in [0.1, 0.15) is 6.04 Å². The smallest absolute Gasteiger partial charge is 0.328 e. The van der Waals surface area contributed by atoms with Crippen molar-refractivity contribution in [3.05, 3.63) is 29.8 Å². The van der Waals surface area contributed by atoms with Gasteiger partial charge >= 0.3 is 5.97 Å². The van der Waals surface area contributed by atoms with Crippen molar-refractivity contribution in [1.29, 1.82) is 5.26 Å². The third-order valence-electron chi connectivity index (χ3n) is 2.86. The first kappa shape index (κ1) is 11.5. The molecule has 1 aliphatic rings. The van der Waals surface area contributed by atoms with Crippen molar-refractivity contribution in [3.8, 4) is 6.07 Å². The molecule has 0 radical (unpaired) electrons. The van der Waals surface area contributed by atoms with Crippen molar-refractivity contribution in [2.75, 3.05) is 12.4 Å². The maximum atomic E-state index is 11.6. The van der Waals surface area contributed by atoms with Crippen LogP contribution in [0.5, 0.6) is 0 Å². The number of nitrogens with one attached hydrogen (secondary N) is 1. The highest BCUT2D eigenvalue weighted by molar-refractivity contribution is 5.80. The van der Waals surface area contributed by atoms with Crippen molar-refractivity contribution in [2.24, 2.45) is 5.92 Å². The van der Waals surface area contributed by atoms with Gasteiger partial charge in [0.05, 0.1) is 18.7 Å². The first-order valence-corrected chi connectivity index (χ1v) is 5.59. The SMILES string of the molecule is COC(=O)C(Nc1cccc(C#N)c1)C1CC1. The Hall–Kier alpha value is -2.02. The number of nitriles is 1. The molecule has 4 heteroatoms. The maximum Gasteiger partial charge on any atom is 0.328 e. The molecule has 17 heavy (non-hydrogen) atoms. The quantitative estimate of drug-likeness (QED) is 0.803. The molecule has 4 nitrogen and oxygen atoms in total. The molecule has 1 fully saturated rings. The van der Waals surface area contributed by atoms with E-state index in [1.165, 1.54) is 7.11 Å². The topological polar surface area (TPSA) is 62.1 Å². The van der Waals surface area contributed by atoms with Gasteiger partial charge < -0.3 is 10.1 Å². The number of carbonyl (C=O) groups excluding carboxylic acids is 1. The summed E-state index contributed by atoms with van der Waals surface area (Å²) >= 11 is 0. The summed E-state index contributed by atoms with van der Waals surface area (Å²) < 4.78 is 4.78. The fourth-order valence-electron chi connectivity index (χ4n) is 1.78. The Kier molecular flexibility index (Phi) is 3.29. The molecule has 1 aromatic carbocycles. The lowest BCUT2D eigenvalue weighted by Gasteiger charge is -2.16. The Morgan fingerprint density at radius 2 is 2.35 bits per heavy atom. The van der Waals surface area contributed by atoms with Crippen LogP contribution in [0.15, 0.2) is 24.3 Å². The Bertz CT molecular complexity index is 461. The number of nitrogens with zero attached hydrogens (tertiary/aromatic N) is 1. The van der Waals surface area contributed by atoms with E-state index in [-0.39, 0.29) is 12.0 Å². The van der Waals surface area contributed by atoms with E-state index in [4.69, 9.17) is 10.00 Å². The predicted molar refractivity (Wildman–Crippen MR) is 63.3 cm³/mol. The number of carbonyl (C=O) groups is 1. The minimum atomic E-state index is -0.297. The van der Waals surface area contributed by atoms with Gasteiger partial charge in [-0.05, 0) is 37.0 Å². The average Bonchev–Trinajstić information content (AvgIpc) is 3.19. The van der Waals surface area contributed by atoms with Crippen molar-refractivity contribution in [1.82, 2.24) is 0 Å². The molecule has 1 atom stereocenters. The molecule has 0 aliphatic heterocycles. The summed E-state index contributed by atoms with van der Waals surface area (Å²) in [5, 5.41) is 11.9. The third kappa shape index (κ3) is 2.76. The van der Waals surface area contributed by atoms with Gasteiger partial charge in [-0.2, -0.15) is 5.26 Å². The van der Waals surface area contributed by atoms with Gasteiger partial charge in [0, 0.05) is 5.69 Å². The van der Waals surface area contributed by atoms with Crippen LogP contribution >= 0.6 is 0 Å². The molecule has 1 aliphatic carbocycles. The largest absolute Gasteiger partial charge is 0.467 e. The molecule has 0 saturated heterocycles. The van der Waals surface area contributed by atoms with E-state index in [1.807, 2.05) is 6.07 Å². The number of methoxy groups -OCH3 is 1. The van der Waals surface area contributed by atoms with E-state index >= 15 is 0 Å². The van der Waals surface area contributed by atoms with Crippen LogP contribution in [0.3, 0.4) is 0 Å². The standard InChI is InChI=1S/C13H14N2O2/c1-17-13(16)12(10-5-6-10)15-11-4-2-3-9(7-11)8-14/h2-4,7,10,12,15H,5-6H2,1H3. The number of ether oxygens (including phenoxy) is 1. The van der Waals surface area contributed by atoms with Crippen LogP contribution in [0.25, 0.3) is 0 Å². The summed E-state index contributed by atoms with van der Waals surface area (Å²) in [5.41, 5.74) is 1.36. The fraction of sp³-hybridized carbons (Fsp3) is 0.385. The number of anilines is 1. The van der Waals surface area contributed by atoms with Gasteiger partial charge in [0.15, 0.2) is 0 Å². The van der Waals surface area contributed by atoms with E-state index in [0.717, 1.165) is 18.5 Å². The zero-order valence-electron chi connectivity index (χ0n) is 9.64. The van der Waals surface area contributed by atoms with Gasteiger partial charge in [-0.15, -0.1) is 0 Å². The normalized spacial score (nSPS) is 15.8.